The Morgan fingerprint density at radius 1 is 0.420 bits per heavy atom. The Kier molecular flexibility index (Phi) is 20.0. The normalized spacial score (nSPS) is 17.9. The molecule has 0 radical (unpaired) electrons. The Bertz CT molecular complexity index is 3930. The van der Waals surface area contributed by atoms with Crippen LogP contribution in [0.4, 0.5) is 0 Å². The lowest BCUT2D eigenvalue weighted by Crippen LogP contribution is -2.57. The van der Waals surface area contributed by atoms with Crippen LogP contribution in [0, 0.1) is 23.7 Å². The number of thiophene rings is 6. The molecular formula is C72H92N6S8Si2. The van der Waals surface area contributed by atoms with Crippen molar-refractivity contribution in [2.24, 2.45) is 23.7 Å². The van der Waals surface area contributed by atoms with Gasteiger partial charge in [-0.25, -0.2) is 0 Å². The van der Waals surface area contributed by atoms with Gasteiger partial charge in [0.05, 0.1) is 33.2 Å². The maximum absolute atomic E-state index is 5.66. The van der Waals surface area contributed by atoms with Crippen LogP contribution in [0.1, 0.15) is 206 Å². The molecule has 0 amide bonds. The van der Waals surface area contributed by atoms with Gasteiger partial charge in [0.1, 0.15) is 49.6 Å². The van der Waals surface area contributed by atoms with E-state index in [1.165, 1.54) is 189 Å². The van der Waals surface area contributed by atoms with Gasteiger partial charge in [0.25, 0.3) is 0 Å². The van der Waals surface area contributed by atoms with Crippen LogP contribution in [0.5, 0.6) is 0 Å². The van der Waals surface area contributed by atoms with Crippen LogP contribution >= 0.6 is 91.5 Å². The first-order valence-corrected chi connectivity index (χ1v) is 44.9. The first-order chi connectivity index (χ1) is 42.7. The second-order valence-electron chi connectivity index (χ2n) is 27.2. The average molecular weight is 1350 g/mol. The van der Waals surface area contributed by atoms with Gasteiger partial charge in [0.15, 0.2) is 0 Å². The van der Waals surface area contributed by atoms with Crippen LogP contribution < -0.4 is 20.7 Å². The molecule has 2 aliphatic heterocycles. The van der Waals surface area contributed by atoms with Crippen LogP contribution in [-0.4, -0.2) is 43.6 Å². The largest absolute Gasteiger partial charge is 0.253 e. The van der Waals surface area contributed by atoms with Crippen LogP contribution in [0.2, 0.25) is 24.2 Å². The van der Waals surface area contributed by atoms with E-state index >= 15 is 0 Å². The fraction of sp³-hybridized carbons (Fsp3) is 0.528. The third kappa shape index (κ3) is 11.7. The van der Waals surface area contributed by atoms with Gasteiger partial charge in [-0.1, -0.05) is 198 Å². The number of nitrogens with zero attached hydrogens (tertiary/aromatic N) is 6. The number of hydrogen-bond acceptors (Lipinski definition) is 14. The molecule has 12 heterocycles. The van der Waals surface area contributed by atoms with Gasteiger partial charge >= 0.3 is 0 Å². The van der Waals surface area contributed by atoms with E-state index in [1.54, 1.807) is 41.8 Å². The van der Waals surface area contributed by atoms with Gasteiger partial charge in [0.2, 0.25) is 0 Å². The Morgan fingerprint density at radius 3 is 1.25 bits per heavy atom. The van der Waals surface area contributed by atoms with Crippen LogP contribution in [0.25, 0.3) is 73.2 Å². The summed E-state index contributed by atoms with van der Waals surface area (Å²) in [6, 6.07) is 25.1. The highest BCUT2D eigenvalue weighted by Gasteiger charge is 2.53. The summed E-state index contributed by atoms with van der Waals surface area (Å²) in [6.07, 6.45) is 24.7. The summed E-state index contributed by atoms with van der Waals surface area (Å²) in [7, 11) is -4.70. The molecule has 0 saturated carbocycles. The van der Waals surface area contributed by atoms with E-state index in [0.717, 1.165) is 56.4 Å². The summed E-state index contributed by atoms with van der Waals surface area (Å²) < 4.78 is 20.7. The lowest BCUT2D eigenvalue weighted by Gasteiger charge is -2.36. The zero-order valence-electron chi connectivity index (χ0n) is 54.3. The van der Waals surface area contributed by atoms with Crippen molar-refractivity contribution >= 4 is 150 Å². The molecule has 4 unspecified atom stereocenters. The van der Waals surface area contributed by atoms with E-state index in [0.29, 0.717) is 11.8 Å². The van der Waals surface area contributed by atoms with Crippen molar-refractivity contribution in [2.45, 2.75) is 221 Å². The molecule has 0 aliphatic carbocycles. The summed E-state index contributed by atoms with van der Waals surface area (Å²) in [5.74, 6) is 2.80. The summed E-state index contributed by atoms with van der Waals surface area (Å²) in [6.45, 7) is 29.0. The van der Waals surface area contributed by atoms with Crippen molar-refractivity contribution in [2.75, 3.05) is 0 Å². The third-order valence-electron chi connectivity index (χ3n) is 21.0. The highest BCUT2D eigenvalue weighted by molar-refractivity contribution is 7.32. The van der Waals surface area contributed by atoms with Crippen molar-refractivity contribution in [3.63, 3.8) is 0 Å². The van der Waals surface area contributed by atoms with E-state index < -0.39 is 16.1 Å². The molecule has 0 spiro atoms. The molecule has 0 saturated heterocycles. The van der Waals surface area contributed by atoms with E-state index in [9.17, 15) is 0 Å². The molecule has 0 N–H and O–H groups in total. The number of unbranched alkanes of at least 4 members (excludes halogenated alkanes) is 4. The SMILES string of the molecule is CCCCC(CC)C[Si]1(CC(CC)CCCC)c2cc(-c3ncc(-c4cc5c(s4)-c4sc(C(C)(C)c6cccs6)cc4[Si]5(CC(CC)CCCC)CC(CC)CCCC)c4nsnc34)sc2-c2sc(-c3ncc(C(C)(C)c4cccs4)c4nsnc34)cc21. The zero-order chi connectivity index (χ0) is 61.5. The predicted molar refractivity (Wildman–Crippen MR) is 398 cm³/mol. The molecule has 0 fully saturated rings. The minimum absolute atomic E-state index is 0.0466. The lowest BCUT2D eigenvalue weighted by atomic mass is 9.83. The molecule has 0 aromatic carbocycles. The Balaban J connectivity index is 1.00. The Morgan fingerprint density at radius 2 is 0.807 bits per heavy atom. The summed E-state index contributed by atoms with van der Waals surface area (Å²) in [5.41, 5.74) is 7.91. The minimum atomic E-state index is -2.42. The van der Waals surface area contributed by atoms with Gasteiger partial charge in [-0.3, -0.25) is 9.97 Å². The lowest BCUT2D eigenvalue weighted by molar-refractivity contribution is 0.469. The molecule has 4 atom stereocenters. The maximum Gasteiger partial charge on any atom is 0.132 e. The number of pyridine rings is 2. The first kappa shape index (κ1) is 64.7. The van der Waals surface area contributed by atoms with Crippen LogP contribution in [0.15, 0.2) is 71.7 Å². The van der Waals surface area contributed by atoms with Crippen molar-refractivity contribution in [1.29, 1.82) is 0 Å². The number of hydrogen-bond donors (Lipinski definition) is 0. The van der Waals surface area contributed by atoms with E-state index in [-0.39, 0.29) is 10.8 Å². The fourth-order valence-corrected chi connectivity index (χ4v) is 39.3. The van der Waals surface area contributed by atoms with Gasteiger partial charge in [0, 0.05) is 73.4 Å². The van der Waals surface area contributed by atoms with Crippen molar-refractivity contribution in [3.8, 4) is 51.1 Å². The third-order valence-corrected chi connectivity index (χ3v) is 41.2. The smallest absolute Gasteiger partial charge is 0.132 e. The van der Waals surface area contributed by atoms with Gasteiger partial charge in [-0.2, -0.15) is 17.5 Å². The Labute approximate surface area is 560 Å². The molecule has 6 nitrogen and oxygen atoms in total. The quantitative estimate of drug-likeness (QED) is 0.0403. The second-order valence-corrected chi connectivity index (χ2v) is 42.5. The van der Waals surface area contributed by atoms with E-state index in [2.05, 4.69) is 166 Å². The van der Waals surface area contributed by atoms with Crippen molar-refractivity contribution in [3.05, 3.63) is 91.9 Å². The topological polar surface area (TPSA) is 77.3 Å². The molecule has 12 rings (SSSR count). The number of aromatic nitrogens is 6. The van der Waals surface area contributed by atoms with Crippen LogP contribution in [0.3, 0.4) is 0 Å². The molecule has 10 aromatic rings. The van der Waals surface area contributed by atoms with Crippen molar-refractivity contribution in [1.82, 2.24) is 27.5 Å². The molecule has 2 aliphatic rings. The molecule has 10 aromatic heterocycles. The van der Waals surface area contributed by atoms with E-state index in [4.69, 9.17) is 27.5 Å². The molecule has 0 bridgehead atoms. The predicted octanol–water partition coefficient (Wildman–Crippen LogP) is 22.5. The monoisotopic (exact) mass is 1350 g/mol. The summed E-state index contributed by atoms with van der Waals surface area (Å²) >= 11 is 14.6. The van der Waals surface area contributed by atoms with E-state index in [1.807, 2.05) is 45.3 Å². The molecule has 466 valence electrons. The first-order valence-electron chi connectivity index (χ1n) is 33.6. The average Bonchev–Trinajstić information content (AvgIpc) is 1.55. The summed E-state index contributed by atoms with van der Waals surface area (Å²) in [4.78, 5) is 25.3. The molecule has 16 heteroatoms. The van der Waals surface area contributed by atoms with Gasteiger partial charge in [-0.15, -0.1) is 68.0 Å². The summed E-state index contributed by atoms with van der Waals surface area (Å²) in [5, 5.41) is 11.2. The van der Waals surface area contributed by atoms with Gasteiger partial charge in [-0.05, 0) is 116 Å². The van der Waals surface area contributed by atoms with Crippen LogP contribution in [-0.2, 0) is 10.8 Å². The maximum atomic E-state index is 5.66. The number of fused-ring (bicyclic) bond motifs is 8. The highest BCUT2D eigenvalue weighted by Crippen LogP contribution is 2.53. The van der Waals surface area contributed by atoms with Crippen molar-refractivity contribution < 1.29 is 0 Å². The molecule has 88 heavy (non-hydrogen) atoms. The van der Waals surface area contributed by atoms with Gasteiger partial charge < -0.3 is 0 Å². The molecular weight excluding hydrogens is 1260 g/mol. The zero-order valence-corrected chi connectivity index (χ0v) is 62.9. The Hall–Kier alpha value is -3.43. The second kappa shape index (κ2) is 27.3. The fourth-order valence-electron chi connectivity index (χ4n) is 15.5. The number of rotatable bonds is 31. The minimum Gasteiger partial charge on any atom is -0.253 e. The standard InChI is InChI=1S/C72H92N6S8Si2/c1-13-21-27-45(17-5)41-87(42-46(18-6)28-22-14-2)55-36-52(82-67(55)68-56(87)37-53(83-68)64-66-62(76-86-78-66)50(40-74-64)71(9,10)58-31-25-33-79-58)63-65-61(75-85-77-65)49(39-73-63)51-35-54-69(81-51)70-57(38-60(84-70)72(11,12)59-32-26-34-80-59)88(54,43-47(19-7)29-23-15-3)44-48(20-8)30-24-16-4/h25-26,31-40,45-48H,13-24,27-30,41-44H2,1-12H3. The highest BCUT2D eigenvalue weighted by atomic mass is 32.1.